The second kappa shape index (κ2) is 5.66. The van der Waals surface area contributed by atoms with E-state index < -0.39 is 0 Å². The zero-order valence-electron chi connectivity index (χ0n) is 6.81. The first-order valence-electron chi connectivity index (χ1n) is 3.96. The maximum absolute atomic E-state index is 11.7. The van der Waals surface area contributed by atoms with E-state index in [-0.39, 0.29) is 18.7 Å². The average Bonchev–Trinajstić information content (AvgIpc) is 1.89. The molecule has 0 aliphatic rings. The van der Waals surface area contributed by atoms with E-state index in [0.29, 0.717) is 6.42 Å². The molecule has 10 heavy (non-hydrogen) atoms. The van der Waals surface area contributed by atoms with Gasteiger partial charge < -0.3 is 5.11 Å². The van der Waals surface area contributed by atoms with Crippen LogP contribution in [0.15, 0.2) is 0 Å². The van der Waals surface area contributed by atoms with Crippen molar-refractivity contribution in [1.29, 1.82) is 0 Å². The van der Waals surface area contributed by atoms with E-state index in [2.05, 4.69) is 0 Å². The minimum absolute atomic E-state index is 0.261. The van der Waals surface area contributed by atoms with Crippen molar-refractivity contribution < 1.29 is 9.50 Å². The minimum Gasteiger partial charge on any atom is -0.393 e. The van der Waals surface area contributed by atoms with Crippen LogP contribution >= 0.6 is 0 Å². The Bertz CT molecular complexity index is 73.7. The summed E-state index contributed by atoms with van der Waals surface area (Å²) < 4.78 is 11.7. The molecule has 0 bridgehead atoms. The van der Waals surface area contributed by atoms with E-state index >= 15 is 0 Å². The van der Waals surface area contributed by atoms with Gasteiger partial charge in [0.25, 0.3) is 0 Å². The second-order valence-electron chi connectivity index (χ2n) is 2.74. The van der Waals surface area contributed by atoms with Crippen LogP contribution in [0.25, 0.3) is 0 Å². The predicted octanol–water partition coefficient (Wildman–Crippen LogP) is 2.14. The average molecular weight is 148 g/mol. The molecule has 0 amide bonds. The van der Waals surface area contributed by atoms with Gasteiger partial charge in [-0.05, 0) is 25.7 Å². The lowest BCUT2D eigenvalue weighted by atomic mass is 9.95. The molecule has 0 aromatic carbocycles. The van der Waals surface area contributed by atoms with Crippen molar-refractivity contribution in [3.05, 3.63) is 0 Å². The monoisotopic (exact) mass is 148 g/mol. The van der Waals surface area contributed by atoms with Crippen LogP contribution in [0.1, 0.15) is 33.1 Å². The molecular weight excluding hydrogens is 131 g/mol. The topological polar surface area (TPSA) is 20.2 Å². The van der Waals surface area contributed by atoms with Gasteiger partial charge in [-0.15, -0.1) is 0 Å². The summed E-state index contributed by atoms with van der Waals surface area (Å²) in [5.41, 5.74) is 0. The third-order valence-electron chi connectivity index (χ3n) is 1.92. The number of hydrogen-bond donors (Lipinski definition) is 1. The van der Waals surface area contributed by atoms with Crippen molar-refractivity contribution >= 4 is 0 Å². The smallest absolute Gasteiger partial charge is 0.0894 e. The van der Waals surface area contributed by atoms with Crippen molar-refractivity contribution in [3.8, 4) is 0 Å². The molecule has 0 saturated heterocycles. The fourth-order valence-corrected chi connectivity index (χ4v) is 1.13. The zero-order valence-corrected chi connectivity index (χ0v) is 6.81. The summed E-state index contributed by atoms with van der Waals surface area (Å²) in [6.45, 7) is 3.53. The lowest BCUT2D eigenvalue weighted by Crippen LogP contribution is -2.15. The normalized spacial score (nSPS) is 16.8. The third-order valence-corrected chi connectivity index (χ3v) is 1.92. The fraction of sp³-hybridized carbons (Fsp3) is 1.00. The highest BCUT2D eigenvalue weighted by atomic mass is 19.1. The Morgan fingerprint density at radius 2 is 2.10 bits per heavy atom. The van der Waals surface area contributed by atoms with E-state index in [4.69, 9.17) is 5.11 Å². The fourth-order valence-electron chi connectivity index (χ4n) is 1.13. The number of hydrogen-bond acceptors (Lipinski definition) is 1. The van der Waals surface area contributed by atoms with E-state index in [1.165, 1.54) is 0 Å². The summed E-state index contributed by atoms with van der Waals surface area (Å²) in [5, 5.41) is 9.12. The van der Waals surface area contributed by atoms with Gasteiger partial charge in [-0.25, -0.2) is 0 Å². The molecule has 0 aromatic heterocycles. The quantitative estimate of drug-likeness (QED) is 0.633. The van der Waals surface area contributed by atoms with Gasteiger partial charge >= 0.3 is 0 Å². The lowest BCUT2D eigenvalue weighted by Gasteiger charge is -2.16. The van der Waals surface area contributed by atoms with Crippen LogP contribution in [0.5, 0.6) is 0 Å². The highest BCUT2D eigenvalue weighted by Gasteiger charge is 2.11. The van der Waals surface area contributed by atoms with Gasteiger partial charge in [0.1, 0.15) is 0 Å². The van der Waals surface area contributed by atoms with Crippen LogP contribution in [0.3, 0.4) is 0 Å². The van der Waals surface area contributed by atoms with E-state index in [9.17, 15) is 4.39 Å². The molecule has 0 aliphatic carbocycles. The molecule has 1 nitrogen and oxygen atoms in total. The highest BCUT2D eigenvalue weighted by molar-refractivity contribution is 4.62. The van der Waals surface area contributed by atoms with Gasteiger partial charge in [0.2, 0.25) is 0 Å². The number of aliphatic hydroxyl groups excluding tert-OH is 1. The molecular formula is C8H17FO. The molecule has 62 valence electrons. The Labute approximate surface area is 62.3 Å². The molecule has 0 fully saturated rings. The number of rotatable bonds is 5. The van der Waals surface area contributed by atoms with Gasteiger partial charge in [0.15, 0.2) is 0 Å². The number of halogens is 1. The molecule has 0 spiro atoms. The summed E-state index contributed by atoms with van der Waals surface area (Å²) >= 11 is 0. The summed E-state index contributed by atoms with van der Waals surface area (Å²) in [4.78, 5) is 0. The van der Waals surface area contributed by atoms with Gasteiger partial charge in [-0.3, -0.25) is 4.39 Å². The maximum atomic E-state index is 11.7. The summed E-state index contributed by atoms with van der Waals surface area (Å²) in [5.74, 6) is 0.288. The molecule has 2 heteroatoms. The minimum atomic E-state index is -0.281. The molecule has 0 aliphatic heterocycles. The Morgan fingerprint density at radius 3 is 2.40 bits per heavy atom. The molecule has 0 rings (SSSR count). The van der Waals surface area contributed by atoms with Gasteiger partial charge in [-0.2, -0.15) is 0 Å². The van der Waals surface area contributed by atoms with Crippen LogP contribution < -0.4 is 0 Å². The van der Waals surface area contributed by atoms with Crippen LogP contribution in [-0.4, -0.2) is 17.9 Å². The van der Waals surface area contributed by atoms with E-state index in [1.807, 2.05) is 6.92 Å². The summed E-state index contributed by atoms with van der Waals surface area (Å²) in [6, 6.07) is 0. The van der Waals surface area contributed by atoms with E-state index in [0.717, 1.165) is 12.8 Å². The van der Waals surface area contributed by atoms with Crippen LogP contribution in [0, 0.1) is 5.92 Å². The molecule has 2 unspecified atom stereocenters. The van der Waals surface area contributed by atoms with E-state index in [1.54, 1.807) is 6.92 Å². The number of aliphatic hydroxyl groups is 1. The number of alkyl halides is 1. The molecule has 0 heterocycles. The molecule has 0 aromatic rings. The predicted molar refractivity (Wildman–Crippen MR) is 40.7 cm³/mol. The van der Waals surface area contributed by atoms with Crippen molar-refractivity contribution in [1.82, 2.24) is 0 Å². The first-order valence-corrected chi connectivity index (χ1v) is 3.96. The van der Waals surface area contributed by atoms with Gasteiger partial charge in [0, 0.05) is 0 Å². The summed E-state index contributed by atoms with van der Waals surface area (Å²) in [7, 11) is 0. The van der Waals surface area contributed by atoms with Gasteiger partial charge in [-0.1, -0.05) is 13.3 Å². The largest absolute Gasteiger partial charge is 0.393 e. The Kier molecular flexibility index (Phi) is 5.60. The molecule has 1 N–H and O–H groups in total. The Morgan fingerprint density at radius 1 is 1.50 bits per heavy atom. The summed E-state index contributed by atoms with van der Waals surface area (Å²) in [6.07, 6.45) is 2.06. The van der Waals surface area contributed by atoms with Crippen LogP contribution in [0.4, 0.5) is 4.39 Å². The third kappa shape index (κ3) is 3.83. The van der Waals surface area contributed by atoms with Crippen molar-refractivity contribution in [2.24, 2.45) is 5.92 Å². The van der Waals surface area contributed by atoms with Crippen molar-refractivity contribution in [2.45, 2.75) is 39.2 Å². The first kappa shape index (κ1) is 9.89. The van der Waals surface area contributed by atoms with Gasteiger partial charge in [0.05, 0.1) is 12.8 Å². The maximum Gasteiger partial charge on any atom is 0.0894 e. The Hall–Kier alpha value is -0.110. The molecule has 2 atom stereocenters. The zero-order chi connectivity index (χ0) is 7.98. The van der Waals surface area contributed by atoms with Crippen molar-refractivity contribution in [2.75, 3.05) is 6.67 Å². The highest BCUT2D eigenvalue weighted by Crippen LogP contribution is 2.14. The second-order valence-corrected chi connectivity index (χ2v) is 2.74. The lowest BCUT2D eigenvalue weighted by molar-refractivity contribution is 0.115. The standard InChI is InChI=1S/C8H17FO/c1-3-8(7(2)10)5-4-6-9/h7-8,10H,3-6H2,1-2H3. The Balaban J connectivity index is 3.40. The first-order chi connectivity index (χ1) is 4.72. The molecule has 0 radical (unpaired) electrons. The SMILES string of the molecule is CCC(CCCF)C(C)O. The van der Waals surface area contributed by atoms with Crippen LogP contribution in [0.2, 0.25) is 0 Å². The van der Waals surface area contributed by atoms with Crippen molar-refractivity contribution in [3.63, 3.8) is 0 Å². The molecule has 0 saturated carbocycles. The van der Waals surface area contributed by atoms with Crippen LogP contribution in [-0.2, 0) is 0 Å².